The fourth-order valence-electron chi connectivity index (χ4n) is 2.21. The minimum Gasteiger partial charge on any atom is -0.368 e. The van der Waals surface area contributed by atoms with Gasteiger partial charge in [-0.25, -0.2) is 0 Å². The van der Waals surface area contributed by atoms with Crippen LogP contribution in [0.1, 0.15) is 34.1 Å². The standard InChI is InChI=1S/C12H24ClNO/c1-5-10(2)7-14-8-11(6-13)15-12(3,4)9-14/h10-11H,5-9H2,1-4H3. The molecule has 1 heterocycles. The lowest BCUT2D eigenvalue weighted by Crippen LogP contribution is -2.54. The number of nitrogens with zero attached hydrogens (tertiary/aromatic N) is 1. The molecular formula is C12H24ClNO. The fourth-order valence-corrected chi connectivity index (χ4v) is 2.37. The highest BCUT2D eigenvalue weighted by atomic mass is 35.5. The summed E-state index contributed by atoms with van der Waals surface area (Å²) in [5.74, 6) is 1.36. The Labute approximate surface area is 98.9 Å². The lowest BCUT2D eigenvalue weighted by Gasteiger charge is -2.43. The summed E-state index contributed by atoms with van der Waals surface area (Å²) < 4.78 is 5.89. The minimum atomic E-state index is -0.0503. The summed E-state index contributed by atoms with van der Waals surface area (Å²) >= 11 is 5.89. The van der Waals surface area contributed by atoms with E-state index in [2.05, 4.69) is 32.6 Å². The highest BCUT2D eigenvalue weighted by Gasteiger charge is 2.33. The molecular weight excluding hydrogens is 210 g/mol. The Morgan fingerprint density at radius 1 is 1.53 bits per heavy atom. The number of ether oxygens (including phenoxy) is 1. The van der Waals surface area contributed by atoms with E-state index < -0.39 is 0 Å². The Morgan fingerprint density at radius 3 is 2.73 bits per heavy atom. The molecule has 3 heteroatoms. The van der Waals surface area contributed by atoms with Gasteiger partial charge in [-0.3, -0.25) is 4.90 Å². The number of hydrogen-bond donors (Lipinski definition) is 0. The molecule has 0 aromatic heterocycles. The van der Waals surface area contributed by atoms with Crippen LogP contribution in [0.4, 0.5) is 0 Å². The van der Waals surface area contributed by atoms with Gasteiger partial charge in [0.15, 0.2) is 0 Å². The SMILES string of the molecule is CCC(C)CN1CC(CCl)OC(C)(C)C1. The van der Waals surface area contributed by atoms with Crippen molar-refractivity contribution in [3.63, 3.8) is 0 Å². The Balaban J connectivity index is 2.50. The summed E-state index contributed by atoms with van der Waals surface area (Å²) in [6.07, 6.45) is 1.43. The summed E-state index contributed by atoms with van der Waals surface area (Å²) in [7, 11) is 0. The molecule has 0 N–H and O–H groups in total. The molecule has 0 saturated carbocycles. The molecule has 0 aromatic rings. The molecule has 0 aliphatic carbocycles. The average Bonchev–Trinajstić information content (AvgIpc) is 2.15. The zero-order chi connectivity index (χ0) is 11.5. The molecule has 0 bridgehead atoms. The van der Waals surface area contributed by atoms with Crippen LogP contribution in [-0.2, 0) is 4.74 Å². The van der Waals surface area contributed by atoms with Gasteiger partial charge in [0.1, 0.15) is 0 Å². The molecule has 0 amide bonds. The van der Waals surface area contributed by atoms with E-state index in [1.54, 1.807) is 0 Å². The number of morpholine rings is 1. The van der Waals surface area contributed by atoms with Crippen LogP contribution in [0, 0.1) is 5.92 Å². The lowest BCUT2D eigenvalue weighted by atomic mass is 10.0. The Morgan fingerprint density at radius 2 is 2.20 bits per heavy atom. The first-order chi connectivity index (χ1) is 6.96. The van der Waals surface area contributed by atoms with Gasteiger partial charge in [0, 0.05) is 25.5 Å². The number of alkyl halides is 1. The molecule has 1 aliphatic rings. The summed E-state index contributed by atoms with van der Waals surface area (Å²) in [6.45, 7) is 12.0. The summed E-state index contributed by atoms with van der Waals surface area (Å²) in [5, 5.41) is 0. The highest BCUT2D eigenvalue weighted by Crippen LogP contribution is 2.22. The van der Waals surface area contributed by atoms with E-state index in [4.69, 9.17) is 16.3 Å². The zero-order valence-corrected chi connectivity index (χ0v) is 11.2. The van der Waals surface area contributed by atoms with Crippen LogP contribution in [-0.4, -0.2) is 42.1 Å². The van der Waals surface area contributed by atoms with Crippen molar-refractivity contribution in [2.45, 2.75) is 45.8 Å². The quantitative estimate of drug-likeness (QED) is 0.693. The molecule has 1 fully saturated rings. The highest BCUT2D eigenvalue weighted by molar-refractivity contribution is 6.18. The molecule has 0 aromatic carbocycles. The summed E-state index contributed by atoms with van der Waals surface area (Å²) in [6, 6.07) is 0. The van der Waals surface area contributed by atoms with Gasteiger partial charge in [-0.05, 0) is 19.8 Å². The maximum absolute atomic E-state index is 5.89. The van der Waals surface area contributed by atoms with Gasteiger partial charge in [0.05, 0.1) is 11.7 Å². The first kappa shape index (κ1) is 13.3. The second-order valence-electron chi connectivity index (χ2n) is 5.36. The topological polar surface area (TPSA) is 12.5 Å². The van der Waals surface area contributed by atoms with E-state index in [0.717, 1.165) is 25.6 Å². The van der Waals surface area contributed by atoms with Crippen molar-refractivity contribution in [3.8, 4) is 0 Å². The van der Waals surface area contributed by atoms with E-state index in [0.29, 0.717) is 5.88 Å². The van der Waals surface area contributed by atoms with Crippen LogP contribution in [0.25, 0.3) is 0 Å². The van der Waals surface area contributed by atoms with E-state index in [9.17, 15) is 0 Å². The first-order valence-corrected chi connectivity index (χ1v) is 6.46. The van der Waals surface area contributed by atoms with Crippen LogP contribution in [0.2, 0.25) is 0 Å². The van der Waals surface area contributed by atoms with Gasteiger partial charge < -0.3 is 4.74 Å². The monoisotopic (exact) mass is 233 g/mol. The van der Waals surface area contributed by atoms with E-state index in [1.807, 2.05) is 0 Å². The van der Waals surface area contributed by atoms with Gasteiger partial charge in [0.25, 0.3) is 0 Å². The Kier molecular flexibility index (Phi) is 4.88. The Bertz CT molecular complexity index is 194. The maximum atomic E-state index is 5.89. The number of hydrogen-bond acceptors (Lipinski definition) is 2. The van der Waals surface area contributed by atoms with Gasteiger partial charge >= 0.3 is 0 Å². The fraction of sp³-hybridized carbons (Fsp3) is 1.00. The van der Waals surface area contributed by atoms with Crippen LogP contribution in [0.5, 0.6) is 0 Å². The Hall–Kier alpha value is 0.210. The van der Waals surface area contributed by atoms with Gasteiger partial charge in [-0.2, -0.15) is 0 Å². The zero-order valence-electron chi connectivity index (χ0n) is 10.4. The predicted molar refractivity (Wildman–Crippen MR) is 65.6 cm³/mol. The van der Waals surface area contributed by atoms with E-state index in [-0.39, 0.29) is 11.7 Å². The third-order valence-electron chi connectivity index (χ3n) is 2.99. The van der Waals surface area contributed by atoms with Crippen molar-refractivity contribution >= 4 is 11.6 Å². The van der Waals surface area contributed by atoms with E-state index in [1.165, 1.54) is 6.42 Å². The molecule has 1 saturated heterocycles. The summed E-state index contributed by atoms with van der Waals surface area (Å²) in [4.78, 5) is 2.49. The van der Waals surface area contributed by atoms with Crippen LogP contribution >= 0.6 is 11.6 Å². The largest absolute Gasteiger partial charge is 0.368 e. The van der Waals surface area contributed by atoms with Crippen molar-refractivity contribution < 1.29 is 4.74 Å². The van der Waals surface area contributed by atoms with Crippen LogP contribution in [0.15, 0.2) is 0 Å². The molecule has 2 nitrogen and oxygen atoms in total. The van der Waals surface area contributed by atoms with Gasteiger partial charge in [-0.15, -0.1) is 11.6 Å². The normalized spacial score (nSPS) is 29.0. The smallest absolute Gasteiger partial charge is 0.0844 e. The molecule has 0 spiro atoms. The molecule has 2 atom stereocenters. The number of halogens is 1. The van der Waals surface area contributed by atoms with Crippen molar-refractivity contribution in [3.05, 3.63) is 0 Å². The average molecular weight is 234 g/mol. The van der Waals surface area contributed by atoms with Gasteiger partial charge in [-0.1, -0.05) is 20.3 Å². The van der Waals surface area contributed by atoms with Crippen LogP contribution in [0.3, 0.4) is 0 Å². The lowest BCUT2D eigenvalue weighted by molar-refractivity contribution is -0.129. The minimum absolute atomic E-state index is 0.0503. The molecule has 90 valence electrons. The van der Waals surface area contributed by atoms with Crippen molar-refractivity contribution in [1.29, 1.82) is 0 Å². The van der Waals surface area contributed by atoms with E-state index >= 15 is 0 Å². The predicted octanol–water partition coefficient (Wildman–Crippen LogP) is 2.75. The third-order valence-corrected chi connectivity index (χ3v) is 3.34. The van der Waals surface area contributed by atoms with Gasteiger partial charge in [0.2, 0.25) is 0 Å². The second kappa shape index (κ2) is 5.51. The molecule has 15 heavy (non-hydrogen) atoms. The first-order valence-electron chi connectivity index (χ1n) is 5.93. The van der Waals surface area contributed by atoms with Crippen molar-refractivity contribution in [2.24, 2.45) is 5.92 Å². The molecule has 2 unspecified atom stereocenters. The second-order valence-corrected chi connectivity index (χ2v) is 5.67. The van der Waals surface area contributed by atoms with Crippen molar-refractivity contribution in [1.82, 2.24) is 4.90 Å². The van der Waals surface area contributed by atoms with Crippen LogP contribution < -0.4 is 0 Å². The molecule has 0 radical (unpaired) electrons. The third kappa shape index (κ3) is 4.29. The molecule has 1 rings (SSSR count). The number of rotatable bonds is 4. The summed E-state index contributed by atoms with van der Waals surface area (Å²) in [5.41, 5.74) is -0.0503. The van der Waals surface area contributed by atoms with Crippen molar-refractivity contribution in [2.75, 3.05) is 25.5 Å². The molecule has 1 aliphatic heterocycles. The maximum Gasteiger partial charge on any atom is 0.0844 e.